The standard InChI is InChI=1S/C11H13NO2/c1-5-8-9(6-7(2)3)11(14)12(4)10(8)13/h5-6H,1H2,2-4H3. The lowest BCUT2D eigenvalue weighted by molar-refractivity contribution is -0.135. The first-order chi connectivity index (χ1) is 6.49. The van der Waals surface area contributed by atoms with Gasteiger partial charge in [-0.1, -0.05) is 18.2 Å². The maximum atomic E-state index is 11.6. The maximum absolute atomic E-state index is 11.6. The quantitative estimate of drug-likeness (QED) is 0.619. The van der Waals surface area contributed by atoms with E-state index in [2.05, 4.69) is 6.58 Å². The van der Waals surface area contributed by atoms with Crippen LogP contribution in [0.5, 0.6) is 0 Å². The van der Waals surface area contributed by atoms with Crippen LogP contribution in [0.15, 0.2) is 35.5 Å². The molecule has 1 heterocycles. The van der Waals surface area contributed by atoms with E-state index in [9.17, 15) is 9.59 Å². The highest BCUT2D eigenvalue weighted by molar-refractivity contribution is 6.21. The number of nitrogens with zero attached hydrogens (tertiary/aromatic N) is 1. The van der Waals surface area contributed by atoms with E-state index < -0.39 is 0 Å². The molecule has 0 atom stereocenters. The molecule has 0 aromatic rings. The first-order valence-corrected chi connectivity index (χ1v) is 4.33. The molecule has 3 nitrogen and oxygen atoms in total. The van der Waals surface area contributed by atoms with Crippen LogP contribution in [0.25, 0.3) is 0 Å². The third kappa shape index (κ3) is 1.53. The van der Waals surface area contributed by atoms with Crippen LogP contribution in [0.1, 0.15) is 13.8 Å². The number of amides is 2. The molecule has 0 radical (unpaired) electrons. The van der Waals surface area contributed by atoms with Gasteiger partial charge in [0, 0.05) is 7.05 Å². The molecule has 0 N–H and O–H groups in total. The smallest absolute Gasteiger partial charge is 0.261 e. The second-order valence-electron chi connectivity index (χ2n) is 3.42. The molecule has 0 saturated heterocycles. The van der Waals surface area contributed by atoms with E-state index in [1.807, 2.05) is 13.8 Å². The van der Waals surface area contributed by atoms with Crippen molar-refractivity contribution < 1.29 is 9.59 Å². The number of carbonyl (C=O) groups is 2. The van der Waals surface area contributed by atoms with Crippen molar-refractivity contribution in [1.82, 2.24) is 4.90 Å². The fraction of sp³-hybridized carbons (Fsp3) is 0.273. The minimum atomic E-state index is -0.280. The van der Waals surface area contributed by atoms with Crippen molar-refractivity contribution >= 4 is 11.8 Å². The van der Waals surface area contributed by atoms with Crippen molar-refractivity contribution in [1.29, 1.82) is 0 Å². The van der Waals surface area contributed by atoms with Crippen molar-refractivity contribution in [3.8, 4) is 0 Å². The van der Waals surface area contributed by atoms with Crippen molar-refractivity contribution in [2.45, 2.75) is 13.8 Å². The van der Waals surface area contributed by atoms with Gasteiger partial charge in [0.15, 0.2) is 0 Å². The highest BCUT2D eigenvalue weighted by Gasteiger charge is 2.32. The van der Waals surface area contributed by atoms with Gasteiger partial charge in [-0.15, -0.1) is 0 Å². The van der Waals surface area contributed by atoms with Crippen LogP contribution in [0.3, 0.4) is 0 Å². The zero-order valence-corrected chi connectivity index (χ0v) is 8.63. The third-order valence-electron chi connectivity index (χ3n) is 2.00. The van der Waals surface area contributed by atoms with Crippen LogP contribution in [0.2, 0.25) is 0 Å². The summed E-state index contributed by atoms with van der Waals surface area (Å²) in [5.74, 6) is -0.538. The second-order valence-corrected chi connectivity index (χ2v) is 3.42. The Bertz CT molecular complexity index is 371. The predicted molar refractivity (Wildman–Crippen MR) is 54.4 cm³/mol. The van der Waals surface area contributed by atoms with Gasteiger partial charge in [-0.25, -0.2) is 0 Å². The second kappa shape index (κ2) is 3.62. The highest BCUT2D eigenvalue weighted by atomic mass is 16.2. The Kier molecular flexibility index (Phi) is 2.70. The molecule has 74 valence electrons. The SMILES string of the molecule is C=CC1=C(C=C(C)C)C(=O)N(C)C1=O. The molecule has 3 heteroatoms. The Morgan fingerprint density at radius 2 is 1.71 bits per heavy atom. The molecule has 0 bridgehead atoms. The van der Waals surface area contributed by atoms with E-state index in [0.29, 0.717) is 11.1 Å². The number of imide groups is 1. The molecule has 1 aliphatic rings. The molecule has 0 spiro atoms. The predicted octanol–water partition coefficient (Wildman–Crippen LogP) is 1.43. The molecule has 0 unspecified atom stereocenters. The maximum Gasteiger partial charge on any atom is 0.261 e. The Morgan fingerprint density at radius 1 is 1.21 bits per heavy atom. The molecule has 0 aromatic heterocycles. The summed E-state index contributed by atoms with van der Waals surface area (Å²) in [6.45, 7) is 7.29. The minimum absolute atomic E-state index is 0.258. The molecular formula is C11H13NO2. The van der Waals surface area contributed by atoms with Gasteiger partial charge in [0.2, 0.25) is 0 Å². The summed E-state index contributed by atoms with van der Waals surface area (Å²) in [5.41, 5.74) is 1.81. The number of allylic oxidation sites excluding steroid dienone is 1. The normalized spacial score (nSPS) is 16.4. The minimum Gasteiger partial charge on any atom is -0.277 e. The monoisotopic (exact) mass is 191 g/mol. The van der Waals surface area contributed by atoms with Crippen molar-refractivity contribution in [2.75, 3.05) is 7.05 Å². The highest BCUT2D eigenvalue weighted by Crippen LogP contribution is 2.21. The summed E-state index contributed by atoms with van der Waals surface area (Å²) in [5, 5.41) is 0. The van der Waals surface area contributed by atoms with Crippen LogP contribution >= 0.6 is 0 Å². The Hall–Kier alpha value is -1.64. The average molecular weight is 191 g/mol. The molecule has 1 aliphatic heterocycles. The van der Waals surface area contributed by atoms with Crippen molar-refractivity contribution in [3.63, 3.8) is 0 Å². The third-order valence-corrected chi connectivity index (χ3v) is 2.00. The van der Waals surface area contributed by atoms with Crippen LogP contribution in [0, 0.1) is 0 Å². The molecule has 14 heavy (non-hydrogen) atoms. The van der Waals surface area contributed by atoms with Crippen LogP contribution in [-0.4, -0.2) is 23.8 Å². The largest absolute Gasteiger partial charge is 0.277 e. The van der Waals surface area contributed by atoms with Crippen molar-refractivity contribution in [2.24, 2.45) is 0 Å². The summed E-state index contributed by atoms with van der Waals surface area (Å²) in [6, 6.07) is 0. The zero-order valence-electron chi connectivity index (χ0n) is 8.63. The average Bonchev–Trinajstić information content (AvgIpc) is 2.31. The number of hydrogen-bond acceptors (Lipinski definition) is 2. The lowest BCUT2D eigenvalue weighted by Crippen LogP contribution is -2.26. The molecule has 0 aliphatic carbocycles. The van der Waals surface area contributed by atoms with Crippen LogP contribution < -0.4 is 0 Å². The fourth-order valence-electron chi connectivity index (χ4n) is 1.31. The molecular weight excluding hydrogens is 178 g/mol. The summed E-state index contributed by atoms with van der Waals surface area (Å²) in [6.07, 6.45) is 3.14. The van der Waals surface area contributed by atoms with E-state index in [1.54, 1.807) is 6.08 Å². The fourth-order valence-corrected chi connectivity index (χ4v) is 1.31. The van der Waals surface area contributed by atoms with Gasteiger partial charge in [-0.3, -0.25) is 14.5 Å². The van der Waals surface area contributed by atoms with E-state index in [1.165, 1.54) is 13.1 Å². The van der Waals surface area contributed by atoms with Gasteiger partial charge in [-0.2, -0.15) is 0 Å². The Morgan fingerprint density at radius 3 is 2.14 bits per heavy atom. The Labute approximate surface area is 83.4 Å². The van der Waals surface area contributed by atoms with Gasteiger partial charge in [0.1, 0.15) is 0 Å². The van der Waals surface area contributed by atoms with E-state index in [4.69, 9.17) is 0 Å². The first-order valence-electron chi connectivity index (χ1n) is 4.33. The van der Waals surface area contributed by atoms with E-state index in [0.717, 1.165) is 10.5 Å². The molecule has 1 rings (SSSR count). The van der Waals surface area contributed by atoms with Gasteiger partial charge < -0.3 is 0 Å². The van der Waals surface area contributed by atoms with Crippen LogP contribution in [0.4, 0.5) is 0 Å². The molecule has 0 aromatic carbocycles. The number of likely N-dealkylation sites (N-methyl/N-ethyl adjacent to an activating group) is 1. The van der Waals surface area contributed by atoms with E-state index >= 15 is 0 Å². The van der Waals surface area contributed by atoms with Gasteiger partial charge in [-0.05, 0) is 19.9 Å². The number of carbonyl (C=O) groups excluding carboxylic acids is 2. The van der Waals surface area contributed by atoms with Gasteiger partial charge in [0.05, 0.1) is 11.1 Å². The molecule has 0 fully saturated rings. The Balaban J connectivity index is 3.28. The zero-order chi connectivity index (χ0) is 10.9. The number of hydrogen-bond donors (Lipinski definition) is 0. The first kappa shape index (κ1) is 10.4. The molecule has 0 saturated carbocycles. The summed E-state index contributed by atoms with van der Waals surface area (Å²) < 4.78 is 0. The van der Waals surface area contributed by atoms with Gasteiger partial charge in [0.25, 0.3) is 11.8 Å². The van der Waals surface area contributed by atoms with Gasteiger partial charge >= 0.3 is 0 Å². The summed E-state index contributed by atoms with van der Waals surface area (Å²) >= 11 is 0. The number of rotatable bonds is 2. The van der Waals surface area contributed by atoms with Crippen LogP contribution in [-0.2, 0) is 9.59 Å². The molecule has 2 amide bonds. The summed E-state index contributed by atoms with van der Waals surface area (Å²) in [7, 11) is 1.47. The lowest BCUT2D eigenvalue weighted by atomic mass is 10.1. The lowest BCUT2D eigenvalue weighted by Gasteiger charge is -2.04. The van der Waals surface area contributed by atoms with Crippen molar-refractivity contribution in [3.05, 3.63) is 35.5 Å². The summed E-state index contributed by atoms with van der Waals surface area (Å²) in [4.78, 5) is 24.2. The van der Waals surface area contributed by atoms with E-state index in [-0.39, 0.29) is 11.8 Å². The topological polar surface area (TPSA) is 37.4 Å².